The molecule has 3 N–H and O–H groups in total. The Balaban J connectivity index is 1.94. The van der Waals surface area contributed by atoms with Gasteiger partial charge in [-0.05, 0) is 54.0 Å². The highest BCUT2D eigenvalue weighted by Crippen LogP contribution is 2.32. The lowest BCUT2D eigenvalue weighted by Crippen LogP contribution is -2.35. The van der Waals surface area contributed by atoms with Crippen molar-refractivity contribution < 1.29 is 5.11 Å². The van der Waals surface area contributed by atoms with Gasteiger partial charge in [-0.25, -0.2) is 0 Å². The van der Waals surface area contributed by atoms with E-state index >= 15 is 0 Å². The van der Waals surface area contributed by atoms with Crippen LogP contribution in [0.3, 0.4) is 0 Å². The first-order valence-electron chi connectivity index (χ1n) is 8.21. The van der Waals surface area contributed by atoms with E-state index in [9.17, 15) is 9.90 Å². The predicted molar refractivity (Wildman–Crippen MR) is 104 cm³/mol. The third kappa shape index (κ3) is 2.86. The molecule has 26 heavy (non-hydrogen) atoms. The Kier molecular flexibility index (Phi) is 4.40. The molecule has 1 aromatic heterocycles. The zero-order valence-electron chi connectivity index (χ0n) is 13.7. The van der Waals surface area contributed by atoms with Gasteiger partial charge in [0, 0.05) is 11.6 Å². The first-order chi connectivity index (χ1) is 12.6. The normalized spacial score (nSPS) is 16.3. The molecule has 4 rings (SSSR count). The number of nitrogens with one attached hydrogen (secondary N) is 2. The Morgan fingerprint density at radius 1 is 1.15 bits per heavy atom. The van der Waals surface area contributed by atoms with Gasteiger partial charge in [-0.15, -0.1) is 0 Å². The summed E-state index contributed by atoms with van der Waals surface area (Å²) in [6.07, 6.45) is 0.877. The summed E-state index contributed by atoms with van der Waals surface area (Å²) in [5, 5.41) is 14.9. The molecule has 0 bridgehead atoms. The van der Waals surface area contributed by atoms with E-state index in [0.717, 1.165) is 24.1 Å². The molecule has 1 atom stereocenters. The molecule has 0 fully saturated rings. The molecule has 1 aliphatic rings. The summed E-state index contributed by atoms with van der Waals surface area (Å²) in [4.78, 5) is 15.3. The minimum atomic E-state index is -0.405. The lowest BCUT2D eigenvalue weighted by atomic mass is 9.90. The standard InChI is InChI=1S/C19H16ClN3O2S/c20-12-5-7-13(8-6-12)23-18(25)15(17(24)22-19(23)26)16-14-4-2-1-3-11(14)9-10-21-16/h1-8,16,21,25H,9-10H2,(H,22,24,26)/t16-/m1/s1. The number of hydrogen-bond acceptors (Lipinski definition) is 4. The summed E-state index contributed by atoms with van der Waals surface area (Å²) in [5.74, 6) is -0.171. The molecular formula is C19H16ClN3O2S. The number of benzene rings is 2. The molecule has 132 valence electrons. The van der Waals surface area contributed by atoms with Crippen molar-refractivity contribution in [2.45, 2.75) is 12.5 Å². The summed E-state index contributed by atoms with van der Waals surface area (Å²) in [6, 6.07) is 14.4. The highest BCUT2D eigenvalue weighted by atomic mass is 35.5. The quantitative estimate of drug-likeness (QED) is 0.590. The molecule has 0 amide bonds. The molecule has 0 saturated heterocycles. The number of halogens is 1. The number of H-pyrrole nitrogens is 1. The maximum absolute atomic E-state index is 12.7. The third-order valence-corrected chi connectivity index (χ3v) is 5.14. The van der Waals surface area contributed by atoms with Crippen molar-refractivity contribution in [1.29, 1.82) is 0 Å². The summed E-state index contributed by atoms with van der Waals surface area (Å²) in [6.45, 7) is 0.719. The van der Waals surface area contributed by atoms with Crippen LogP contribution in [0.25, 0.3) is 5.69 Å². The van der Waals surface area contributed by atoms with Crippen molar-refractivity contribution in [3.63, 3.8) is 0 Å². The maximum atomic E-state index is 12.7. The molecular weight excluding hydrogens is 370 g/mol. The van der Waals surface area contributed by atoms with Crippen molar-refractivity contribution in [1.82, 2.24) is 14.9 Å². The van der Waals surface area contributed by atoms with Crippen LogP contribution in [0.4, 0.5) is 0 Å². The number of aromatic amines is 1. The molecule has 0 aliphatic carbocycles. The predicted octanol–water partition coefficient (Wildman–Crippen LogP) is 3.49. The number of aromatic nitrogens is 2. The van der Waals surface area contributed by atoms with Crippen LogP contribution in [0.5, 0.6) is 5.88 Å². The zero-order valence-corrected chi connectivity index (χ0v) is 15.3. The molecule has 2 aromatic carbocycles. The van der Waals surface area contributed by atoms with Gasteiger partial charge >= 0.3 is 0 Å². The molecule has 0 spiro atoms. The van der Waals surface area contributed by atoms with Crippen LogP contribution in [0.2, 0.25) is 5.02 Å². The first kappa shape index (κ1) is 17.0. The van der Waals surface area contributed by atoms with Crippen molar-refractivity contribution in [3.05, 3.63) is 85.4 Å². The fourth-order valence-electron chi connectivity index (χ4n) is 3.39. The van der Waals surface area contributed by atoms with Crippen molar-refractivity contribution in [2.75, 3.05) is 6.54 Å². The summed E-state index contributed by atoms with van der Waals surface area (Å²) >= 11 is 11.2. The summed E-state index contributed by atoms with van der Waals surface area (Å²) in [7, 11) is 0. The number of rotatable bonds is 2. The molecule has 1 aliphatic heterocycles. The van der Waals surface area contributed by atoms with E-state index in [-0.39, 0.29) is 16.2 Å². The van der Waals surface area contributed by atoms with Crippen molar-refractivity contribution in [3.8, 4) is 11.6 Å². The maximum Gasteiger partial charge on any atom is 0.260 e. The van der Waals surface area contributed by atoms with E-state index in [1.54, 1.807) is 24.3 Å². The Hall–Kier alpha value is -2.41. The molecule has 2 heterocycles. The minimum absolute atomic E-state index is 0.127. The Morgan fingerprint density at radius 3 is 2.65 bits per heavy atom. The Morgan fingerprint density at radius 2 is 1.88 bits per heavy atom. The van der Waals surface area contributed by atoms with Gasteiger partial charge in [0.2, 0.25) is 5.88 Å². The van der Waals surface area contributed by atoms with Gasteiger partial charge in [0.05, 0.1) is 17.3 Å². The number of hydrogen-bond donors (Lipinski definition) is 3. The van der Waals surface area contributed by atoms with E-state index < -0.39 is 11.6 Å². The fourth-order valence-corrected chi connectivity index (χ4v) is 3.80. The second kappa shape index (κ2) is 6.72. The van der Waals surface area contributed by atoms with Crippen molar-refractivity contribution >= 4 is 23.8 Å². The van der Waals surface area contributed by atoms with Gasteiger partial charge in [-0.3, -0.25) is 14.3 Å². The zero-order chi connectivity index (χ0) is 18.3. The molecule has 0 saturated carbocycles. The number of fused-ring (bicyclic) bond motifs is 1. The molecule has 0 radical (unpaired) electrons. The lowest BCUT2D eigenvalue weighted by Gasteiger charge is -2.27. The fraction of sp³-hybridized carbons (Fsp3) is 0.158. The third-order valence-electron chi connectivity index (χ3n) is 4.60. The highest BCUT2D eigenvalue weighted by Gasteiger charge is 2.28. The van der Waals surface area contributed by atoms with Gasteiger partial charge in [0.15, 0.2) is 4.77 Å². The first-order valence-corrected chi connectivity index (χ1v) is 9.00. The summed E-state index contributed by atoms with van der Waals surface area (Å²) in [5.41, 5.74) is 2.63. The summed E-state index contributed by atoms with van der Waals surface area (Å²) < 4.78 is 1.57. The topological polar surface area (TPSA) is 70.0 Å². The van der Waals surface area contributed by atoms with E-state index in [4.69, 9.17) is 23.8 Å². The second-order valence-electron chi connectivity index (χ2n) is 6.14. The minimum Gasteiger partial charge on any atom is -0.494 e. The van der Waals surface area contributed by atoms with E-state index in [1.807, 2.05) is 24.3 Å². The Labute approximate surface area is 159 Å². The SMILES string of the molecule is O=c1[nH]c(=S)n(-c2ccc(Cl)cc2)c(O)c1[C@@H]1NCCc2ccccc21. The molecule has 0 unspecified atom stereocenters. The van der Waals surface area contributed by atoms with Gasteiger partial charge in [0.25, 0.3) is 5.56 Å². The largest absolute Gasteiger partial charge is 0.494 e. The second-order valence-corrected chi connectivity index (χ2v) is 6.97. The van der Waals surface area contributed by atoms with Crippen LogP contribution < -0.4 is 10.9 Å². The number of nitrogens with zero attached hydrogens (tertiary/aromatic N) is 1. The van der Waals surface area contributed by atoms with Crippen LogP contribution in [-0.4, -0.2) is 21.2 Å². The molecule has 5 nitrogen and oxygen atoms in total. The van der Waals surface area contributed by atoms with Crippen molar-refractivity contribution in [2.24, 2.45) is 0 Å². The van der Waals surface area contributed by atoms with Gasteiger partial charge in [0.1, 0.15) is 0 Å². The molecule has 7 heteroatoms. The average Bonchev–Trinajstić information content (AvgIpc) is 2.63. The lowest BCUT2D eigenvalue weighted by molar-refractivity contribution is 0.413. The van der Waals surface area contributed by atoms with Gasteiger partial charge in [-0.1, -0.05) is 35.9 Å². The van der Waals surface area contributed by atoms with Crippen LogP contribution in [0.1, 0.15) is 22.7 Å². The Bertz CT molecular complexity index is 1090. The monoisotopic (exact) mass is 385 g/mol. The number of aromatic hydroxyl groups is 1. The van der Waals surface area contributed by atoms with Crippen LogP contribution >= 0.6 is 23.8 Å². The van der Waals surface area contributed by atoms with Crippen LogP contribution in [0, 0.1) is 4.77 Å². The molecule has 3 aromatic rings. The van der Waals surface area contributed by atoms with Gasteiger partial charge < -0.3 is 10.4 Å². The van der Waals surface area contributed by atoms with E-state index in [1.165, 1.54) is 4.57 Å². The van der Waals surface area contributed by atoms with E-state index in [0.29, 0.717) is 10.7 Å². The smallest absolute Gasteiger partial charge is 0.260 e. The van der Waals surface area contributed by atoms with E-state index in [2.05, 4.69) is 10.3 Å². The van der Waals surface area contributed by atoms with Crippen LogP contribution in [-0.2, 0) is 6.42 Å². The highest BCUT2D eigenvalue weighted by molar-refractivity contribution is 7.71. The van der Waals surface area contributed by atoms with Gasteiger partial charge in [-0.2, -0.15) is 0 Å². The van der Waals surface area contributed by atoms with Crippen LogP contribution in [0.15, 0.2) is 53.3 Å². The average molecular weight is 386 g/mol.